The summed E-state index contributed by atoms with van der Waals surface area (Å²) in [7, 11) is -2.14. The molecule has 1 heterocycles. The zero-order valence-corrected chi connectivity index (χ0v) is 19.6. The average Bonchev–Trinajstić information content (AvgIpc) is 2.74. The van der Waals surface area contributed by atoms with Gasteiger partial charge in [-0.1, -0.05) is 12.1 Å². The van der Waals surface area contributed by atoms with Crippen molar-refractivity contribution in [3.8, 4) is 11.8 Å². The van der Waals surface area contributed by atoms with E-state index in [4.69, 9.17) is 10.00 Å². The molecule has 0 saturated carbocycles. The number of piperazine rings is 1. The van der Waals surface area contributed by atoms with Crippen LogP contribution in [0.25, 0.3) is 0 Å². The number of β-amino-alcohol motifs (C(OH)–C–C–N with tert-alkyl or cyclic N) is 1. The first-order valence-corrected chi connectivity index (χ1v) is 12.0. The third-order valence-electron chi connectivity index (χ3n) is 5.71. The first kappa shape index (κ1) is 24.0. The number of anilines is 1. The van der Waals surface area contributed by atoms with E-state index >= 15 is 0 Å². The molecule has 0 radical (unpaired) electrons. The molecule has 0 amide bonds. The Morgan fingerprint density at radius 1 is 1.22 bits per heavy atom. The Morgan fingerprint density at radius 2 is 1.88 bits per heavy atom. The van der Waals surface area contributed by atoms with Crippen molar-refractivity contribution < 1.29 is 18.3 Å². The van der Waals surface area contributed by atoms with Crippen LogP contribution >= 0.6 is 0 Å². The van der Waals surface area contributed by atoms with Gasteiger partial charge in [-0.3, -0.25) is 4.90 Å². The molecule has 8 nitrogen and oxygen atoms in total. The van der Waals surface area contributed by atoms with Gasteiger partial charge in [-0.2, -0.15) is 9.57 Å². The number of benzene rings is 2. The fourth-order valence-corrected chi connectivity index (χ4v) is 6.20. The standard InChI is InChI=1S/C23H30N4O4S/c1-16-13-26(15-23(28)25-21-9-6-10-22(31-4)18(21)3)14-17(2)27(16)32(29,30)20-8-5-7-19(11-20)12-24/h5-11,16-17,23,25,28H,13-15H2,1-4H3/t16-,17+,23?. The van der Waals surface area contributed by atoms with E-state index in [1.165, 1.54) is 16.4 Å². The summed E-state index contributed by atoms with van der Waals surface area (Å²) in [6.07, 6.45) is -0.823. The lowest BCUT2D eigenvalue weighted by Crippen LogP contribution is -2.59. The summed E-state index contributed by atoms with van der Waals surface area (Å²) in [6, 6.07) is 13.1. The molecule has 3 atom stereocenters. The SMILES string of the molecule is COc1cccc(NC(O)CN2C[C@@H](C)N(S(=O)(=O)c3cccc(C#N)c3)[C@@H](C)C2)c1C. The maximum Gasteiger partial charge on any atom is 0.243 e. The number of methoxy groups -OCH3 is 1. The highest BCUT2D eigenvalue weighted by Crippen LogP contribution is 2.27. The molecule has 0 aromatic heterocycles. The number of rotatable bonds is 7. The zero-order chi connectivity index (χ0) is 23.5. The maximum absolute atomic E-state index is 13.3. The second-order valence-electron chi connectivity index (χ2n) is 8.18. The van der Waals surface area contributed by atoms with Crippen molar-refractivity contribution in [3.63, 3.8) is 0 Å². The average molecular weight is 459 g/mol. The van der Waals surface area contributed by atoms with Crippen LogP contribution in [0, 0.1) is 18.3 Å². The number of aliphatic hydroxyl groups excluding tert-OH is 1. The monoisotopic (exact) mass is 458 g/mol. The van der Waals surface area contributed by atoms with E-state index in [2.05, 4.69) is 10.2 Å². The minimum absolute atomic E-state index is 0.124. The fraction of sp³-hybridized carbons (Fsp3) is 0.435. The summed E-state index contributed by atoms with van der Waals surface area (Å²) in [5.41, 5.74) is 2.01. The van der Waals surface area contributed by atoms with Crippen LogP contribution in [0.4, 0.5) is 5.69 Å². The predicted molar refractivity (Wildman–Crippen MR) is 123 cm³/mol. The number of sulfonamides is 1. The number of ether oxygens (including phenoxy) is 1. The molecule has 3 rings (SSSR count). The third-order valence-corrected chi connectivity index (χ3v) is 7.83. The zero-order valence-electron chi connectivity index (χ0n) is 18.8. The van der Waals surface area contributed by atoms with Crippen molar-refractivity contribution in [2.45, 2.75) is 44.0 Å². The molecule has 1 aliphatic heterocycles. The van der Waals surface area contributed by atoms with E-state index in [1.54, 1.807) is 19.2 Å². The maximum atomic E-state index is 13.3. The Balaban J connectivity index is 1.69. The molecule has 1 unspecified atom stereocenters. The highest BCUT2D eigenvalue weighted by Gasteiger charge is 2.38. The highest BCUT2D eigenvalue weighted by atomic mass is 32.2. The lowest BCUT2D eigenvalue weighted by molar-refractivity contribution is 0.0632. The molecule has 0 aliphatic carbocycles. The van der Waals surface area contributed by atoms with Gasteiger partial charge in [-0.15, -0.1) is 0 Å². The Labute approximate surface area is 190 Å². The van der Waals surface area contributed by atoms with E-state index in [0.29, 0.717) is 25.2 Å². The summed E-state index contributed by atoms with van der Waals surface area (Å²) in [5.74, 6) is 0.740. The van der Waals surface area contributed by atoms with Crippen molar-refractivity contribution in [2.24, 2.45) is 0 Å². The van der Waals surface area contributed by atoms with Crippen LogP contribution in [0.3, 0.4) is 0 Å². The Hall–Kier alpha value is -2.64. The van der Waals surface area contributed by atoms with Gasteiger partial charge in [0.15, 0.2) is 0 Å². The summed E-state index contributed by atoms with van der Waals surface area (Å²) in [4.78, 5) is 2.18. The van der Waals surface area contributed by atoms with Crippen molar-refractivity contribution in [3.05, 3.63) is 53.6 Å². The normalized spacial score (nSPS) is 21.0. The summed E-state index contributed by atoms with van der Waals surface area (Å²) < 4.78 is 33.4. The summed E-state index contributed by atoms with van der Waals surface area (Å²) >= 11 is 0. The first-order valence-electron chi connectivity index (χ1n) is 10.5. The Kier molecular flexibility index (Phi) is 7.41. The van der Waals surface area contributed by atoms with Crippen LogP contribution in [0.2, 0.25) is 0 Å². The van der Waals surface area contributed by atoms with E-state index < -0.39 is 16.3 Å². The molecule has 0 spiro atoms. The van der Waals surface area contributed by atoms with E-state index in [9.17, 15) is 13.5 Å². The van der Waals surface area contributed by atoms with Gasteiger partial charge in [0.05, 0.1) is 23.6 Å². The van der Waals surface area contributed by atoms with Gasteiger partial charge in [0, 0.05) is 43.0 Å². The lowest BCUT2D eigenvalue weighted by Gasteiger charge is -2.43. The topological polar surface area (TPSA) is 106 Å². The van der Waals surface area contributed by atoms with Crippen LogP contribution in [-0.2, 0) is 10.0 Å². The smallest absolute Gasteiger partial charge is 0.243 e. The lowest BCUT2D eigenvalue weighted by atomic mass is 10.1. The number of nitrogens with zero attached hydrogens (tertiary/aromatic N) is 3. The second kappa shape index (κ2) is 9.88. The van der Waals surface area contributed by atoms with Gasteiger partial charge in [0.2, 0.25) is 10.0 Å². The molecular weight excluding hydrogens is 428 g/mol. The third kappa shape index (κ3) is 5.05. The molecule has 32 heavy (non-hydrogen) atoms. The number of aliphatic hydroxyl groups is 1. The molecule has 172 valence electrons. The van der Waals surface area contributed by atoms with Crippen molar-refractivity contribution in [1.29, 1.82) is 5.26 Å². The van der Waals surface area contributed by atoms with Gasteiger partial charge in [0.1, 0.15) is 12.0 Å². The molecule has 2 N–H and O–H groups in total. The van der Waals surface area contributed by atoms with Crippen LogP contribution in [-0.4, -0.2) is 67.8 Å². The van der Waals surface area contributed by atoms with Gasteiger partial charge < -0.3 is 15.2 Å². The van der Waals surface area contributed by atoms with E-state index in [0.717, 1.165) is 17.0 Å². The van der Waals surface area contributed by atoms with Crippen molar-refractivity contribution in [2.75, 3.05) is 32.1 Å². The predicted octanol–water partition coefficient (Wildman–Crippen LogP) is 2.39. The number of hydrogen-bond acceptors (Lipinski definition) is 7. The molecule has 2 aromatic rings. The minimum Gasteiger partial charge on any atom is -0.496 e. The molecular formula is C23H30N4O4S. The van der Waals surface area contributed by atoms with Gasteiger partial charge in [-0.05, 0) is 51.1 Å². The van der Waals surface area contributed by atoms with Crippen LogP contribution < -0.4 is 10.1 Å². The van der Waals surface area contributed by atoms with E-state index in [1.807, 2.05) is 45.0 Å². The Morgan fingerprint density at radius 3 is 2.50 bits per heavy atom. The fourth-order valence-electron chi connectivity index (χ4n) is 4.35. The molecule has 1 fully saturated rings. The quantitative estimate of drug-likeness (QED) is 0.614. The molecule has 1 aliphatic rings. The van der Waals surface area contributed by atoms with Crippen LogP contribution in [0.15, 0.2) is 47.4 Å². The van der Waals surface area contributed by atoms with Gasteiger partial charge in [0.25, 0.3) is 0 Å². The summed E-state index contributed by atoms with van der Waals surface area (Å²) in [5, 5.41) is 22.8. The summed E-state index contributed by atoms with van der Waals surface area (Å²) in [6.45, 7) is 6.96. The molecule has 0 bridgehead atoms. The van der Waals surface area contributed by atoms with Crippen LogP contribution in [0.5, 0.6) is 5.75 Å². The molecule has 2 aromatic carbocycles. The molecule has 9 heteroatoms. The number of nitrogens with one attached hydrogen (secondary N) is 1. The van der Waals surface area contributed by atoms with Crippen molar-refractivity contribution in [1.82, 2.24) is 9.21 Å². The van der Waals surface area contributed by atoms with Gasteiger partial charge in [-0.25, -0.2) is 8.42 Å². The number of nitriles is 1. The Bertz CT molecular complexity index is 1090. The molecule has 1 saturated heterocycles. The second-order valence-corrected chi connectivity index (χ2v) is 10.0. The van der Waals surface area contributed by atoms with Crippen molar-refractivity contribution >= 4 is 15.7 Å². The van der Waals surface area contributed by atoms with E-state index in [-0.39, 0.29) is 17.0 Å². The van der Waals surface area contributed by atoms with Crippen LogP contribution in [0.1, 0.15) is 25.0 Å². The first-order chi connectivity index (χ1) is 15.2. The minimum atomic E-state index is -3.74. The number of hydrogen-bond donors (Lipinski definition) is 2. The highest BCUT2D eigenvalue weighted by molar-refractivity contribution is 7.89. The van der Waals surface area contributed by atoms with Gasteiger partial charge >= 0.3 is 0 Å². The largest absolute Gasteiger partial charge is 0.496 e.